The van der Waals surface area contributed by atoms with E-state index in [1.807, 2.05) is 25.1 Å². The molecule has 0 atom stereocenters. The van der Waals surface area contributed by atoms with Crippen LogP contribution in [0.25, 0.3) is 0 Å². The largest absolute Gasteiger partial charge is 0.389 e. The van der Waals surface area contributed by atoms with Crippen LogP contribution < -0.4 is 11.1 Å². The van der Waals surface area contributed by atoms with Crippen LogP contribution in [0, 0.1) is 12.7 Å². The zero-order valence-corrected chi connectivity index (χ0v) is 12.6. The van der Waals surface area contributed by atoms with E-state index in [1.165, 1.54) is 12.1 Å². The minimum atomic E-state index is -0.309. The van der Waals surface area contributed by atoms with Gasteiger partial charge in [-0.2, -0.15) is 0 Å². The number of thiocarbonyl (C=S) groups is 1. The number of hydrogen-bond donors (Lipinski definition) is 2. The van der Waals surface area contributed by atoms with Crippen molar-refractivity contribution in [3.05, 3.63) is 57.8 Å². The third-order valence-electron chi connectivity index (χ3n) is 2.73. The highest BCUT2D eigenvalue weighted by Crippen LogP contribution is 2.30. The maximum atomic E-state index is 13.3. The molecule has 2 nitrogen and oxygen atoms in total. The zero-order valence-electron chi connectivity index (χ0n) is 10.2. The van der Waals surface area contributed by atoms with Crippen molar-refractivity contribution in [2.24, 2.45) is 5.73 Å². The van der Waals surface area contributed by atoms with Crippen molar-refractivity contribution in [1.29, 1.82) is 0 Å². The summed E-state index contributed by atoms with van der Waals surface area (Å²) in [4.78, 5) is 0.304. The van der Waals surface area contributed by atoms with Crippen molar-refractivity contribution < 1.29 is 4.39 Å². The van der Waals surface area contributed by atoms with Gasteiger partial charge in [-0.25, -0.2) is 4.39 Å². The normalized spacial score (nSPS) is 10.3. The first-order valence-electron chi connectivity index (χ1n) is 5.60. The topological polar surface area (TPSA) is 38.0 Å². The molecule has 0 aliphatic rings. The van der Waals surface area contributed by atoms with E-state index < -0.39 is 0 Å². The molecule has 3 N–H and O–H groups in total. The molecule has 0 fully saturated rings. The van der Waals surface area contributed by atoms with Gasteiger partial charge in [0, 0.05) is 10.0 Å². The van der Waals surface area contributed by atoms with Crippen LogP contribution in [0.5, 0.6) is 0 Å². The molecule has 2 aromatic rings. The minimum Gasteiger partial charge on any atom is -0.389 e. The molecule has 0 saturated carbocycles. The molecule has 0 heterocycles. The van der Waals surface area contributed by atoms with Gasteiger partial charge < -0.3 is 11.1 Å². The van der Waals surface area contributed by atoms with Crippen LogP contribution in [-0.4, -0.2) is 4.99 Å². The molecule has 19 heavy (non-hydrogen) atoms. The maximum absolute atomic E-state index is 13.3. The fourth-order valence-corrected chi connectivity index (χ4v) is 2.28. The van der Waals surface area contributed by atoms with Crippen LogP contribution in [0.3, 0.4) is 0 Å². The summed E-state index contributed by atoms with van der Waals surface area (Å²) in [5, 5.41) is 3.18. The molecular weight excluding hydrogens is 327 g/mol. The molecule has 0 bridgehead atoms. The van der Waals surface area contributed by atoms with Crippen molar-refractivity contribution in [2.75, 3.05) is 5.32 Å². The van der Waals surface area contributed by atoms with E-state index in [0.717, 1.165) is 21.3 Å². The molecule has 2 rings (SSSR count). The van der Waals surface area contributed by atoms with Gasteiger partial charge in [-0.3, -0.25) is 0 Å². The van der Waals surface area contributed by atoms with E-state index in [9.17, 15) is 4.39 Å². The highest BCUT2D eigenvalue weighted by Gasteiger charge is 2.10. The van der Waals surface area contributed by atoms with Crippen molar-refractivity contribution in [3.63, 3.8) is 0 Å². The van der Waals surface area contributed by atoms with Gasteiger partial charge in [0.15, 0.2) is 0 Å². The monoisotopic (exact) mass is 338 g/mol. The number of para-hydroxylation sites is 1. The summed E-state index contributed by atoms with van der Waals surface area (Å²) < 4.78 is 14.1. The molecule has 0 aromatic heterocycles. The molecule has 0 radical (unpaired) electrons. The highest BCUT2D eigenvalue weighted by molar-refractivity contribution is 9.10. The quantitative estimate of drug-likeness (QED) is 0.820. The van der Waals surface area contributed by atoms with Crippen LogP contribution in [0.4, 0.5) is 15.8 Å². The number of hydrogen-bond acceptors (Lipinski definition) is 2. The summed E-state index contributed by atoms with van der Waals surface area (Å²) in [6.45, 7) is 1.94. The second-order valence-electron chi connectivity index (χ2n) is 4.11. The first-order valence-corrected chi connectivity index (χ1v) is 6.80. The van der Waals surface area contributed by atoms with E-state index in [4.69, 9.17) is 18.0 Å². The van der Waals surface area contributed by atoms with Gasteiger partial charge >= 0.3 is 0 Å². The first-order chi connectivity index (χ1) is 8.99. The fraction of sp³-hybridized carbons (Fsp3) is 0.0714. The van der Waals surface area contributed by atoms with Crippen molar-refractivity contribution in [1.82, 2.24) is 0 Å². The Morgan fingerprint density at radius 1 is 1.32 bits per heavy atom. The molecule has 0 aliphatic carbocycles. The first kappa shape index (κ1) is 14.0. The Kier molecular flexibility index (Phi) is 4.17. The molecule has 0 saturated heterocycles. The fourth-order valence-electron chi connectivity index (χ4n) is 1.77. The number of aryl methyl sites for hydroxylation is 1. The summed E-state index contributed by atoms with van der Waals surface area (Å²) in [5.74, 6) is -0.309. The lowest BCUT2D eigenvalue weighted by atomic mass is 10.1. The van der Waals surface area contributed by atoms with E-state index in [-0.39, 0.29) is 5.82 Å². The van der Waals surface area contributed by atoms with E-state index in [0.29, 0.717) is 10.7 Å². The number of halogens is 2. The number of anilines is 2. The average Bonchev–Trinajstić information content (AvgIpc) is 2.35. The summed E-state index contributed by atoms with van der Waals surface area (Å²) in [6.07, 6.45) is 0. The van der Waals surface area contributed by atoms with Gasteiger partial charge in [-0.1, -0.05) is 24.4 Å². The minimum absolute atomic E-state index is 0.304. The van der Waals surface area contributed by atoms with Gasteiger partial charge in [-0.05, 0) is 52.7 Å². The predicted molar refractivity (Wildman–Crippen MR) is 84.4 cm³/mol. The van der Waals surface area contributed by atoms with E-state index >= 15 is 0 Å². The number of nitrogens with one attached hydrogen (secondary N) is 1. The number of nitrogens with two attached hydrogens (primary N) is 1. The SMILES string of the molecule is Cc1cccc(C(N)=S)c1Nc1cc(F)ccc1Br. The van der Waals surface area contributed by atoms with Crippen LogP contribution >= 0.6 is 28.1 Å². The average molecular weight is 339 g/mol. The lowest BCUT2D eigenvalue weighted by Gasteiger charge is -2.15. The zero-order chi connectivity index (χ0) is 14.0. The van der Waals surface area contributed by atoms with Gasteiger partial charge in [0.05, 0.1) is 11.4 Å². The van der Waals surface area contributed by atoms with Crippen molar-refractivity contribution >= 4 is 44.5 Å². The molecule has 98 valence electrons. The summed E-state index contributed by atoms with van der Waals surface area (Å²) in [7, 11) is 0. The Morgan fingerprint density at radius 3 is 2.74 bits per heavy atom. The number of rotatable bonds is 3. The lowest BCUT2D eigenvalue weighted by Crippen LogP contribution is -2.12. The Morgan fingerprint density at radius 2 is 2.05 bits per heavy atom. The highest BCUT2D eigenvalue weighted by atomic mass is 79.9. The van der Waals surface area contributed by atoms with E-state index in [1.54, 1.807) is 6.07 Å². The summed E-state index contributed by atoms with van der Waals surface area (Å²) in [5.41, 5.74) is 8.86. The van der Waals surface area contributed by atoms with Gasteiger partial charge in [0.25, 0.3) is 0 Å². The molecule has 0 aliphatic heterocycles. The smallest absolute Gasteiger partial charge is 0.125 e. The number of benzene rings is 2. The molecule has 0 unspecified atom stereocenters. The van der Waals surface area contributed by atoms with Crippen LogP contribution in [0.15, 0.2) is 40.9 Å². The van der Waals surface area contributed by atoms with Gasteiger partial charge in [0.1, 0.15) is 10.8 Å². The molecule has 0 amide bonds. The Bertz CT molecular complexity index is 643. The molecular formula is C14H12BrFN2S. The van der Waals surface area contributed by atoms with Crippen molar-refractivity contribution in [3.8, 4) is 0 Å². The van der Waals surface area contributed by atoms with Gasteiger partial charge in [-0.15, -0.1) is 0 Å². The van der Waals surface area contributed by atoms with Crippen LogP contribution in [-0.2, 0) is 0 Å². The standard InChI is InChI=1S/C14H12BrFN2S/c1-8-3-2-4-10(14(17)19)13(8)18-12-7-9(16)5-6-11(12)15/h2-7,18H,1H3,(H2,17,19). The van der Waals surface area contributed by atoms with Crippen LogP contribution in [0.2, 0.25) is 0 Å². The second-order valence-corrected chi connectivity index (χ2v) is 5.41. The Balaban J connectivity index is 2.49. The van der Waals surface area contributed by atoms with Crippen molar-refractivity contribution in [2.45, 2.75) is 6.92 Å². The Hall–Kier alpha value is -1.46. The third kappa shape index (κ3) is 3.11. The molecule has 0 spiro atoms. The second kappa shape index (κ2) is 5.67. The predicted octanol–water partition coefficient (Wildman–Crippen LogP) is 4.27. The Labute approximate surface area is 124 Å². The summed E-state index contributed by atoms with van der Waals surface area (Å²) in [6, 6.07) is 10.1. The summed E-state index contributed by atoms with van der Waals surface area (Å²) >= 11 is 8.42. The van der Waals surface area contributed by atoms with Gasteiger partial charge in [0.2, 0.25) is 0 Å². The molecule has 5 heteroatoms. The lowest BCUT2D eigenvalue weighted by molar-refractivity contribution is 0.628. The van der Waals surface area contributed by atoms with E-state index in [2.05, 4.69) is 21.2 Å². The maximum Gasteiger partial charge on any atom is 0.125 e. The molecule has 2 aromatic carbocycles. The van der Waals surface area contributed by atoms with Crippen LogP contribution in [0.1, 0.15) is 11.1 Å². The third-order valence-corrected chi connectivity index (χ3v) is 3.64.